The van der Waals surface area contributed by atoms with Crippen LogP contribution in [0.1, 0.15) is 80.6 Å². The highest BCUT2D eigenvalue weighted by atomic mass is 79.9. The van der Waals surface area contributed by atoms with Crippen LogP contribution in [0.25, 0.3) is 11.2 Å². The Morgan fingerprint density at radius 1 is 0.895 bits per heavy atom. The zero-order valence-corrected chi connectivity index (χ0v) is 23.4. The zero-order chi connectivity index (χ0) is 26.1. The van der Waals surface area contributed by atoms with E-state index in [1.54, 1.807) is 0 Å². The fourth-order valence-corrected chi connectivity index (χ4v) is 6.44. The van der Waals surface area contributed by atoms with Crippen molar-refractivity contribution in [2.45, 2.75) is 88.4 Å². The molecule has 202 valence electrons. The number of benzene rings is 1. The van der Waals surface area contributed by atoms with Gasteiger partial charge in [0, 0.05) is 47.3 Å². The molecule has 3 heterocycles. The smallest absolute Gasteiger partial charge is 0.253 e. The van der Waals surface area contributed by atoms with Gasteiger partial charge in [-0.05, 0) is 75.6 Å². The van der Waals surface area contributed by atoms with Gasteiger partial charge in [-0.25, -0.2) is 4.98 Å². The minimum Gasteiger partial charge on any atom is -0.365 e. The van der Waals surface area contributed by atoms with Gasteiger partial charge in [0.25, 0.3) is 5.91 Å². The maximum absolute atomic E-state index is 13.0. The molecular weight excluding hydrogens is 544 g/mol. The molecule has 2 saturated carbocycles. The molecule has 2 aliphatic carbocycles. The summed E-state index contributed by atoms with van der Waals surface area (Å²) in [6.45, 7) is 1.43. The lowest BCUT2D eigenvalue weighted by Crippen LogP contribution is -2.42. The molecule has 9 nitrogen and oxygen atoms in total. The number of likely N-dealkylation sites (tertiary alicyclic amines) is 1. The first kappa shape index (κ1) is 25.6. The maximum atomic E-state index is 13.0. The van der Waals surface area contributed by atoms with Crippen molar-refractivity contribution >= 4 is 44.8 Å². The number of halogens is 1. The van der Waals surface area contributed by atoms with Gasteiger partial charge in [-0.3, -0.25) is 4.79 Å². The summed E-state index contributed by atoms with van der Waals surface area (Å²) in [7, 11) is 0. The lowest BCUT2D eigenvalue weighted by Gasteiger charge is -2.33. The largest absolute Gasteiger partial charge is 0.365 e. The SMILES string of the molecule is NC1CCC(Nc2nc(NC3CCN(C(=O)c4ccc(Br)cc4)CC3)c3ncn(C4CCCC4)c3n2)CC1. The topological polar surface area (TPSA) is 114 Å². The van der Waals surface area contributed by atoms with Gasteiger partial charge >= 0.3 is 0 Å². The third-order valence-corrected chi connectivity index (χ3v) is 8.99. The molecule has 0 radical (unpaired) electrons. The van der Waals surface area contributed by atoms with Gasteiger partial charge in [-0.1, -0.05) is 28.8 Å². The quantitative estimate of drug-likeness (QED) is 0.371. The Kier molecular flexibility index (Phi) is 7.52. The van der Waals surface area contributed by atoms with Gasteiger partial charge < -0.3 is 25.8 Å². The molecule has 38 heavy (non-hydrogen) atoms. The minimum atomic E-state index is 0.0920. The highest BCUT2D eigenvalue weighted by Gasteiger charge is 2.27. The second kappa shape index (κ2) is 11.2. The molecule has 3 fully saturated rings. The van der Waals surface area contributed by atoms with Crippen LogP contribution in [-0.4, -0.2) is 61.5 Å². The van der Waals surface area contributed by atoms with Crippen LogP contribution in [-0.2, 0) is 0 Å². The summed E-state index contributed by atoms with van der Waals surface area (Å²) in [6, 6.07) is 8.91. The van der Waals surface area contributed by atoms with Crippen molar-refractivity contribution in [3.8, 4) is 0 Å². The molecule has 0 atom stereocenters. The van der Waals surface area contributed by atoms with Crippen LogP contribution >= 0.6 is 15.9 Å². The molecule has 1 amide bonds. The van der Waals surface area contributed by atoms with Gasteiger partial charge in [-0.2, -0.15) is 9.97 Å². The van der Waals surface area contributed by atoms with Crippen molar-refractivity contribution in [1.29, 1.82) is 0 Å². The Morgan fingerprint density at radius 3 is 2.29 bits per heavy atom. The van der Waals surface area contributed by atoms with Crippen LogP contribution in [0.3, 0.4) is 0 Å². The van der Waals surface area contributed by atoms with Gasteiger partial charge in [0.2, 0.25) is 5.95 Å². The first-order valence-electron chi connectivity index (χ1n) is 14.1. The average Bonchev–Trinajstić information content (AvgIpc) is 3.61. The van der Waals surface area contributed by atoms with E-state index in [2.05, 4.69) is 31.1 Å². The predicted octanol–water partition coefficient (Wildman–Crippen LogP) is 5.10. The van der Waals surface area contributed by atoms with E-state index in [9.17, 15) is 4.79 Å². The Balaban J connectivity index is 1.19. The number of nitrogens with two attached hydrogens (primary N) is 1. The van der Waals surface area contributed by atoms with Gasteiger partial charge in [0.1, 0.15) is 0 Å². The lowest BCUT2D eigenvalue weighted by molar-refractivity contribution is 0.0718. The highest BCUT2D eigenvalue weighted by Crippen LogP contribution is 2.34. The van der Waals surface area contributed by atoms with E-state index in [1.807, 2.05) is 35.5 Å². The average molecular weight is 582 g/mol. The minimum absolute atomic E-state index is 0.0920. The van der Waals surface area contributed by atoms with Crippen molar-refractivity contribution in [3.05, 3.63) is 40.6 Å². The molecule has 1 saturated heterocycles. The summed E-state index contributed by atoms with van der Waals surface area (Å²) in [6.07, 6.45) is 12.7. The lowest BCUT2D eigenvalue weighted by atomic mass is 9.92. The number of anilines is 2. The van der Waals surface area contributed by atoms with E-state index in [-0.39, 0.29) is 11.9 Å². The molecular formula is C28H37BrN8O. The first-order valence-corrected chi connectivity index (χ1v) is 14.9. The monoisotopic (exact) mass is 580 g/mol. The number of nitrogens with one attached hydrogen (secondary N) is 2. The van der Waals surface area contributed by atoms with Crippen LogP contribution in [0.5, 0.6) is 0 Å². The molecule has 10 heteroatoms. The van der Waals surface area contributed by atoms with Crippen LogP contribution in [0.15, 0.2) is 35.1 Å². The highest BCUT2D eigenvalue weighted by molar-refractivity contribution is 9.10. The van der Waals surface area contributed by atoms with Crippen molar-refractivity contribution in [1.82, 2.24) is 24.4 Å². The van der Waals surface area contributed by atoms with Crippen LogP contribution < -0.4 is 16.4 Å². The van der Waals surface area contributed by atoms with E-state index in [1.165, 1.54) is 25.7 Å². The number of hydrogen-bond donors (Lipinski definition) is 3. The van der Waals surface area contributed by atoms with Gasteiger partial charge in [0.15, 0.2) is 17.0 Å². The summed E-state index contributed by atoms with van der Waals surface area (Å²) >= 11 is 3.44. The normalized spacial score (nSPS) is 23.2. The van der Waals surface area contributed by atoms with E-state index >= 15 is 0 Å². The number of rotatable bonds is 6. The standard InChI is InChI=1S/C28H37BrN8O/c29-19-7-5-18(6-8-19)27(38)36-15-13-22(14-16-36)32-25-24-26(37(17-31-24)23-3-1-2-4-23)35-28(34-25)33-21-11-9-20(30)10-12-21/h5-8,17,20-23H,1-4,9-16,30H2,(H2,32,33,34,35). The van der Waals surface area contributed by atoms with Crippen molar-refractivity contribution in [2.24, 2.45) is 5.73 Å². The van der Waals surface area contributed by atoms with E-state index in [4.69, 9.17) is 20.7 Å². The number of aromatic nitrogens is 4. The van der Waals surface area contributed by atoms with Crippen molar-refractivity contribution in [2.75, 3.05) is 23.7 Å². The van der Waals surface area contributed by atoms with Crippen LogP contribution in [0.4, 0.5) is 11.8 Å². The fourth-order valence-electron chi connectivity index (χ4n) is 6.17. The van der Waals surface area contributed by atoms with Crippen LogP contribution in [0.2, 0.25) is 0 Å². The number of nitrogens with zero attached hydrogens (tertiary/aromatic N) is 5. The van der Waals surface area contributed by atoms with Gasteiger partial charge in [-0.15, -0.1) is 0 Å². The Labute approximate surface area is 232 Å². The summed E-state index contributed by atoms with van der Waals surface area (Å²) in [5, 5.41) is 7.30. The number of carbonyl (C=O) groups excluding carboxylic acids is 1. The summed E-state index contributed by atoms with van der Waals surface area (Å²) in [4.78, 5) is 29.6. The molecule has 3 aliphatic rings. The molecule has 3 aromatic rings. The maximum Gasteiger partial charge on any atom is 0.253 e. The number of amides is 1. The Morgan fingerprint density at radius 2 is 1.58 bits per heavy atom. The molecule has 0 bridgehead atoms. The predicted molar refractivity (Wildman–Crippen MR) is 153 cm³/mol. The number of hydrogen-bond acceptors (Lipinski definition) is 7. The summed E-state index contributed by atoms with van der Waals surface area (Å²) in [5.74, 6) is 1.55. The Bertz CT molecular complexity index is 1260. The Hall–Kier alpha value is -2.72. The fraction of sp³-hybridized carbons (Fsp3) is 0.571. The molecule has 0 spiro atoms. The number of imidazole rings is 1. The zero-order valence-electron chi connectivity index (χ0n) is 21.8. The third-order valence-electron chi connectivity index (χ3n) is 8.46. The molecule has 6 rings (SSSR count). The second-order valence-electron chi connectivity index (χ2n) is 11.1. The van der Waals surface area contributed by atoms with Crippen LogP contribution in [0, 0.1) is 0 Å². The summed E-state index contributed by atoms with van der Waals surface area (Å²) < 4.78 is 3.24. The molecule has 1 aliphatic heterocycles. The molecule has 1 aromatic carbocycles. The van der Waals surface area contributed by atoms with Crippen molar-refractivity contribution < 1.29 is 4.79 Å². The summed E-state index contributed by atoms with van der Waals surface area (Å²) in [5.41, 5.74) is 8.60. The number of carbonyl (C=O) groups is 1. The number of piperidine rings is 1. The molecule has 4 N–H and O–H groups in total. The second-order valence-corrected chi connectivity index (χ2v) is 12.0. The van der Waals surface area contributed by atoms with E-state index in [0.29, 0.717) is 37.2 Å². The third kappa shape index (κ3) is 5.52. The van der Waals surface area contributed by atoms with Gasteiger partial charge in [0.05, 0.1) is 6.33 Å². The van der Waals surface area contributed by atoms with E-state index < -0.39 is 0 Å². The molecule has 2 aromatic heterocycles. The van der Waals surface area contributed by atoms with Crippen molar-refractivity contribution in [3.63, 3.8) is 0 Å². The molecule has 0 unspecified atom stereocenters. The van der Waals surface area contributed by atoms with E-state index in [0.717, 1.165) is 65.5 Å². The first-order chi connectivity index (χ1) is 18.5. The number of fused-ring (bicyclic) bond motifs is 1.